The minimum atomic E-state index is -4.13. The molecule has 0 aliphatic carbocycles. The van der Waals surface area contributed by atoms with Gasteiger partial charge < -0.3 is 5.73 Å². The fourth-order valence-electron chi connectivity index (χ4n) is 1.15. The van der Waals surface area contributed by atoms with E-state index in [-0.39, 0.29) is 9.60 Å². The number of nitrogens with zero attached hydrogens (tertiary/aromatic N) is 2. The number of nitrogen functional groups attached to an aromatic ring is 1. The van der Waals surface area contributed by atoms with E-state index in [2.05, 4.69) is 26.1 Å². The van der Waals surface area contributed by atoms with E-state index in [1.807, 2.05) is 4.72 Å². The summed E-state index contributed by atoms with van der Waals surface area (Å²) in [6, 6.07) is 1.48. The van der Waals surface area contributed by atoms with Crippen LogP contribution in [0.2, 0.25) is 0 Å². The molecule has 0 bridgehead atoms. The molecule has 0 saturated carbocycles. The maximum absolute atomic E-state index is 13.5. The van der Waals surface area contributed by atoms with Crippen molar-refractivity contribution in [3.63, 3.8) is 0 Å². The monoisotopic (exact) mass is 370 g/mol. The third-order valence-electron chi connectivity index (χ3n) is 1.90. The van der Waals surface area contributed by atoms with Crippen LogP contribution >= 0.6 is 27.3 Å². The maximum Gasteiger partial charge on any atom is 0.291 e. The molecule has 0 aliphatic heterocycles. The van der Waals surface area contributed by atoms with Crippen molar-refractivity contribution in [3.05, 3.63) is 28.2 Å². The van der Waals surface area contributed by atoms with Gasteiger partial charge in [-0.2, -0.15) is 8.42 Å². The normalized spacial score (nSPS) is 11.5. The van der Waals surface area contributed by atoms with Crippen molar-refractivity contribution in [1.29, 1.82) is 0 Å². The molecule has 1 aromatic carbocycles. The SMILES string of the molecule is Nc1nnc(S(=O)(=O)Nc2c(F)cc(F)cc2Br)s1. The predicted molar refractivity (Wildman–Crippen MR) is 69.2 cm³/mol. The Bertz CT molecular complexity index is 711. The number of hydrogen-bond acceptors (Lipinski definition) is 6. The smallest absolute Gasteiger partial charge is 0.291 e. The van der Waals surface area contributed by atoms with E-state index in [0.29, 0.717) is 17.4 Å². The largest absolute Gasteiger partial charge is 0.374 e. The number of rotatable bonds is 3. The number of aromatic nitrogens is 2. The van der Waals surface area contributed by atoms with Gasteiger partial charge in [-0.3, -0.25) is 4.72 Å². The second kappa shape index (κ2) is 4.98. The first-order valence-electron chi connectivity index (χ1n) is 4.56. The number of hydrogen-bond donors (Lipinski definition) is 2. The zero-order chi connectivity index (χ0) is 14.2. The zero-order valence-corrected chi connectivity index (χ0v) is 12.1. The van der Waals surface area contributed by atoms with Crippen LogP contribution in [0, 0.1) is 11.6 Å². The van der Waals surface area contributed by atoms with Gasteiger partial charge in [0.1, 0.15) is 5.82 Å². The molecule has 102 valence electrons. The molecule has 0 atom stereocenters. The number of sulfonamides is 1. The van der Waals surface area contributed by atoms with Gasteiger partial charge in [-0.25, -0.2) is 8.78 Å². The molecular formula is C8H5BrF2N4O2S2. The summed E-state index contributed by atoms with van der Waals surface area (Å²) < 4.78 is 51.6. The fraction of sp³-hybridized carbons (Fsp3) is 0. The number of halogens is 3. The average molecular weight is 371 g/mol. The molecule has 0 unspecified atom stereocenters. The summed E-state index contributed by atoms with van der Waals surface area (Å²) in [6.07, 6.45) is 0. The molecule has 3 N–H and O–H groups in total. The van der Waals surface area contributed by atoms with Crippen LogP contribution in [0.3, 0.4) is 0 Å². The van der Waals surface area contributed by atoms with Crippen molar-refractivity contribution >= 4 is 48.1 Å². The highest BCUT2D eigenvalue weighted by Gasteiger charge is 2.23. The van der Waals surface area contributed by atoms with Crippen LogP contribution < -0.4 is 10.5 Å². The quantitative estimate of drug-likeness (QED) is 0.860. The molecule has 11 heteroatoms. The van der Waals surface area contributed by atoms with Crippen LogP contribution in [0.15, 0.2) is 20.9 Å². The molecule has 0 radical (unpaired) electrons. The molecule has 0 saturated heterocycles. The summed E-state index contributed by atoms with van der Waals surface area (Å²) in [7, 11) is -4.13. The Hall–Kier alpha value is -1.33. The Morgan fingerprint density at radius 3 is 2.53 bits per heavy atom. The van der Waals surface area contributed by atoms with E-state index in [1.165, 1.54) is 0 Å². The standard InChI is InChI=1S/C8H5BrF2N4O2S2/c9-4-1-3(10)2-5(11)6(4)15-19(16,17)8-14-13-7(12)18-8/h1-2,15H,(H2,12,13). The Balaban J connectivity index is 2.41. The number of nitrogens with one attached hydrogen (secondary N) is 1. The van der Waals surface area contributed by atoms with Gasteiger partial charge in [-0.15, -0.1) is 10.2 Å². The van der Waals surface area contributed by atoms with Gasteiger partial charge in [-0.05, 0) is 22.0 Å². The second-order valence-corrected chi connectivity index (χ2v) is 6.98. The van der Waals surface area contributed by atoms with E-state index < -0.39 is 31.7 Å². The summed E-state index contributed by atoms with van der Waals surface area (Å²) in [5.41, 5.74) is 4.85. The average Bonchev–Trinajstić information content (AvgIpc) is 2.71. The third-order valence-corrected chi connectivity index (χ3v) is 4.99. The molecular weight excluding hydrogens is 366 g/mol. The molecule has 2 rings (SSSR count). The molecule has 0 fully saturated rings. The maximum atomic E-state index is 13.5. The van der Waals surface area contributed by atoms with Crippen LogP contribution in [0.4, 0.5) is 19.6 Å². The van der Waals surface area contributed by atoms with Crippen LogP contribution in [0.25, 0.3) is 0 Å². The van der Waals surface area contributed by atoms with E-state index in [4.69, 9.17) is 5.73 Å². The van der Waals surface area contributed by atoms with Gasteiger partial charge in [0.25, 0.3) is 14.4 Å². The lowest BCUT2D eigenvalue weighted by molar-refractivity contribution is 0.581. The van der Waals surface area contributed by atoms with Gasteiger partial charge in [-0.1, -0.05) is 11.3 Å². The van der Waals surface area contributed by atoms with Crippen molar-refractivity contribution in [2.75, 3.05) is 10.5 Å². The van der Waals surface area contributed by atoms with Gasteiger partial charge in [0, 0.05) is 10.5 Å². The molecule has 19 heavy (non-hydrogen) atoms. The van der Waals surface area contributed by atoms with E-state index in [9.17, 15) is 17.2 Å². The minimum Gasteiger partial charge on any atom is -0.374 e. The molecule has 6 nitrogen and oxygen atoms in total. The van der Waals surface area contributed by atoms with Crippen molar-refractivity contribution in [2.45, 2.75) is 4.34 Å². The van der Waals surface area contributed by atoms with Crippen LogP contribution in [0.5, 0.6) is 0 Å². The predicted octanol–water partition coefficient (Wildman–Crippen LogP) is 1.96. The first-order chi connectivity index (χ1) is 8.79. The van der Waals surface area contributed by atoms with Crippen LogP contribution in [-0.4, -0.2) is 18.6 Å². The van der Waals surface area contributed by atoms with E-state index in [0.717, 1.165) is 6.07 Å². The van der Waals surface area contributed by atoms with Gasteiger partial charge in [0.15, 0.2) is 5.82 Å². The summed E-state index contributed by atoms with van der Waals surface area (Å²) in [4.78, 5) is 0. The van der Waals surface area contributed by atoms with Gasteiger partial charge in [0.05, 0.1) is 5.69 Å². The first kappa shape index (κ1) is 14.1. The Labute approximate surface area is 118 Å². The second-order valence-electron chi connectivity index (χ2n) is 3.26. The third kappa shape index (κ3) is 2.98. The summed E-state index contributed by atoms with van der Waals surface area (Å²) in [5, 5.41) is 6.64. The Morgan fingerprint density at radius 2 is 2.00 bits per heavy atom. The number of benzene rings is 1. The lowest BCUT2D eigenvalue weighted by Crippen LogP contribution is -2.14. The minimum absolute atomic E-state index is 0.0426. The summed E-state index contributed by atoms with van der Waals surface area (Å²) in [6.45, 7) is 0. The van der Waals surface area contributed by atoms with Crippen molar-refractivity contribution < 1.29 is 17.2 Å². The summed E-state index contributed by atoms with van der Waals surface area (Å²) >= 11 is 3.49. The summed E-state index contributed by atoms with van der Waals surface area (Å²) in [5.74, 6) is -1.90. The molecule has 2 aromatic rings. The zero-order valence-electron chi connectivity index (χ0n) is 8.89. The van der Waals surface area contributed by atoms with Gasteiger partial charge >= 0.3 is 0 Å². The van der Waals surface area contributed by atoms with E-state index in [1.54, 1.807) is 0 Å². The fourth-order valence-corrected chi connectivity index (χ4v) is 3.66. The number of nitrogens with two attached hydrogens (primary N) is 1. The molecule has 1 aromatic heterocycles. The highest BCUT2D eigenvalue weighted by atomic mass is 79.9. The van der Waals surface area contributed by atoms with E-state index >= 15 is 0 Å². The Kier molecular flexibility index (Phi) is 3.69. The van der Waals surface area contributed by atoms with Crippen LogP contribution in [0.1, 0.15) is 0 Å². The van der Waals surface area contributed by atoms with Gasteiger partial charge in [0.2, 0.25) is 5.13 Å². The molecule has 0 amide bonds. The van der Waals surface area contributed by atoms with Crippen molar-refractivity contribution in [3.8, 4) is 0 Å². The molecule has 0 spiro atoms. The highest BCUT2D eigenvalue weighted by Crippen LogP contribution is 2.29. The topological polar surface area (TPSA) is 98.0 Å². The molecule has 1 heterocycles. The Morgan fingerprint density at radius 1 is 1.32 bits per heavy atom. The van der Waals surface area contributed by atoms with Crippen molar-refractivity contribution in [2.24, 2.45) is 0 Å². The number of anilines is 2. The lowest BCUT2D eigenvalue weighted by atomic mass is 10.3. The molecule has 0 aliphatic rings. The lowest BCUT2D eigenvalue weighted by Gasteiger charge is -2.08. The van der Waals surface area contributed by atoms with Crippen molar-refractivity contribution in [1.82, 2.24) is 10.2 Å². The highest BCUT2D eigenvalue weighted by molar-refractivity contribution is 9.10. The van der Waals surface area contributed by atoms with Crippen LogP contribution in [-0.2, 0) is 10.0 Å². The first-order valence-corrected chi connectivity index (χ1v) is 7.65.